The molecule has 174 valence electrons. The van der Waals surface area contributed by atoms with E-state index in [4.69, 9.17) is 4.74 Å². The Hall–Kier alpha value is -1.82. The SMILES string of the molecule is COCC(C)(C)[C@@H](O)C(=O)NCCC(=O)NCCSSCCNC(=O)c1cccnc1. The number of nitrogens with zero attached hydrogens (tertiary/aromatic N) is 1. The third-order valence-electron chi connectivity index (χ3n) is 4.14. The number of pyridine rings is 1. The van der Waals surface area contributed by atoms with Crippen LogP contribution in [0.15, 0.2) is 24.5 Å². The first-order valence-electron chi connectivity index (χ1n) is 9.92. The van der Waals surface area contributed by atoms with Crippen LogP contribution in [0, 0.1) is 5.41 Å². The number of rotatable bonds is 15. The van der Waals surface area contributed by atoms with Gasteiger partial charge in [0.1, 0.15) is 6.10 Å². The van der Waals surface area contributed by atoms with E-state index in [-0.39, 0.29) is 31.4 Å². The van der Waals surface area contributed by atoms with E-state index in [0.29, 0.717) is 18.7 Å². The van der Waals surface area contributed by atoms with E-state index >= 15 is 0 Å². The minimum absolute atomic E-state index is 0.140. The molecule has 0 radical (unpaired) electrons. The zero-order valence-corrected chi connectivity index (χ0v) is 19.8. The van der Waals surface area contributed by atoms with Gasteiger partial charge in [0, 0.05) is 62.5 Å². The van der Waals surface area contributed by atoms with Gasteiger partial charge in [-0.25, -0.2) is 0 Å². The Labute approximate surface area is 191 Å². The quantitative estimate of drug-likeness (QED) is 0.218. The van der Waals surface area contributed by atoms with Crippen molar-refractivity contribution in [1.29, 1.82) is 0 Å². The largest absolute Gasteiger partial charge is 0.384 e. The summed E-state index contributed by atoms with van der Waals surface area (Å²) < 4.78 is 5.01. The Bertz CT molecular complexity index is 691. The van der Waals surface area contributed by atoms with Gasteiger partial charge in [0.25, 0.3) is 5.91 Å². The number of nitrogens with one attached hydrogen (secondary N) is 3. The highest BCUT2D eigenvalue weighted by atomic mass is 33.1. The zero-order chi connectivity index (χ0) is 23.1. The molecule has 1 aromatic rings. The molecule has 0 aromatic carbocycles. The van der Waals surface area contributed by atoms with Crippen LogP contribution in [0.25, 0.3) is 0 Å². The van der Waals surface area contributed by atoms with Crippen LogP contribution in [0.5, 0.6) is 0 Å². The van der Waals surface area contributed by atoms with Crippen LogP contribution in [0.3, 0.4) is 0 Å². The Morgan fingerprint density at radius 2 is 1.81 bits per heavy atom. The Morgan fingerprint density at radius 3 is 2.42 bits per heavy atom. The molecule has 31 heavy (non-hydrogen) atoms. The second-order valence-electron chi connectivity index (χ2n) is 7.36. The van der Waals surface area contributed by atoms with Crippen LogP contribution in [-0.2, 0) is 14.3 Å². The molecule has 0 unspecified atom stereocenters. The lowest BCUT2D eigenvalue weighted by atomic mass is 9.87. The van der Waals surface area contributed by atoms with Gasteiger partial charge in [-0.05, 0) is 12.1 Å². The molecule has 3 amide bonds. The highest BCUT2D eigenvalue weighted by molar-refractivity contribution is 8.76. The summed E-state index contributed by atoms with van der Waals surface area (Å²) in [6.07, 6.45) is 2.07. The Balaban J connectivity index is 2.02. The fourth-order valence-electron chi connectivity index (χ4n) is 2.45. The number of carbonyl (C=O) groups is 3. The molecular formula is C20H32N4O5S2. The molecule has 1 aromatic heterocycles. The number of aliphatic hydroxyl groups is 1. The zero-order valence-electron chi connectivity index (χ0n) is 18.2. The van der Waals surface area contributed by atoms with Gasteiger partial charge in [0.15, 0.2) is 0 Å². The second kappa shape index (κ2) is 15.1. The van der Waals surface area contributed by atoms with E-state index < -0.39 is 17.4 Å². The summed E-state index contributed by atoms with van der Waals surface area (Å²) in [4.78, 5) is 39.5. The van der Waals surface area contributed by atoms with E-state index in [1.807, 2.05) is 0 Å². The van der Waals surface area contributed by atoms with Crippen molar-refractivity contribution in [3.63, 3.8) is 0 Å². The normalized spacial score (nSPS) is 12.1. The Morgan fingerprint density at radius 1 is 1.13 bits per heavy atom. The average Bonchev–Trinajstić information content (AvgIpc) is 2.75. The smallest absolute Gasteiger partial charge is 0.252 e. The molecule has 0 saturated carbocycles. The highest BCUT2D eigenvalue weighted by Gasteiger charge is 2.33. The van der Waals surface area contributed by atoms with E-state index in [0.717, 1.165) is 11.5 Å². The molecule has 1 heterocycles. The minimum atomic E-state index is -1.21. The maximum absolute atomic E-state index is 12.0. The number of methoxy groups -OCH3 is 1. The topological polar surface area (TPSA) is 130 Å². The summed E-state index contributed by atoms with van der Waals surface area (Å²) in [7, 11) is 4.73. The highest BCUT2D eigenvalue weighted by Crippen LogP contribution is 2.21. The fourth-order valence-corrected chi connectivity index (χ4v) is 4.26. The van der Waals surface area contributed by atoms with Gasteiger partial charge >= 0.3 is 0 Å². The molecule has 0 aliphatic heterocycles. The molecule has 0 spiro atoms. The lowest BCUT2D eigenvalue weighted by molar-refractivity contribution is -0.137. The molecular weight excluding hydrogens is 440 g/mol. The summed E-state index contributed by atoms with van der Waals surface area (Å²) in [5.41, 5.74) is -0.176. The van der Waals surface area contributed by atoms with Crippen LogP contribution in [0.1, 0.15) is 30.6 Å². The molecule has 0 fully saturated rings. The van der Waals surface area contributed by atoms with Crippen LogP contribution in [0.4, 0.5) is 0 Å². The van der Waals surface area contributed by atoms with Crippen molar-refractivity contribution >= 4 is 39.3 Å². The third kappa shape index (κ3) is 11.4. The monoisotopic (exact) mass is 472 g/mol. The first-order chi connectivity index (χ1) is 14.8. The lowest BCUT2D eigenvalue weighted by Gasteiger charge is -2.28. The first-order valence-corrected chi connectivity index (χ1v) is 12.4. The van der Waals surface area contributed by atoms with E-state index in [1.54, 1.807) is 53.8 Å². The summed E-state index contributed by atoms with van der Waals surface area (Å²) >= 11 is 0. The standard InChI is InChI=1S/C20H32N4O5S2/c1-20(2,14-29-3)17(26)19(28)23-8-6-16(25)22-9-11-30-31-12-10-24-18(27)15-5-4-7-21-13-15/h4-5,7,13,17,26H,6,8-12,14H2,1-3H3,(H,22,25)(H,23,28)(H,24,27)/t17-/m0/s1. The van der Waals surface area contributed by atoms with E-state index in [9.17, 15) is 19.5 Å². The van der Waals surface area contributed by atoms with Gasteiger partial charge in [-0.2, -0.15) is 0 Å². The van der Waals surface area contributed by atoms with Gasteiger partial charge in [-0.3, -0.25) is 19.4 Å². The van der Waals surface area contributed by atoms with Crippen molar-refractivity contribution in [2.45, 2.75) is 26.4 Å². The predicted molar refractivity (Wildman–Crippen MR) is 124 cm³/mol. The summed E-state index contributed by atoms with van der Waals surface area (Å²) in [6, 6.07) is 3.43. The molecule has 0 aliphatic carbocycles. The number of ether oxygens (including phenoxy) is 1. The van der Waals surface area contributed by atoms with Crippen molar-refractivity contribution in [3.05, 3.63) is 30.1 Å². The maximum atomic E-state index is 12.0. The van der Waals surface area contributed by atoms with Gasteiger partial charge < -0.3 is 25.8 Å². The van der Waals surface area contributed by atoms with Crippen LogP contribution >= 0.6 is 21.6 Å². The first kappa shape index (κ1) is 27.2. The number of hydrogen-bond acceptors (Lipinski definition) is 8. The van der Waals surface area contributed by atoms with Crippen molar-refractivity contribution in [2.24, 2.45) is 5.41 Å². The predicted octanol–water partition coefficient (Wildman–Crippen LogP) is 0.849. The molecule has 0 bridgehead atoms. The van der Waals surface area contributed by atoms with Crippen molar-refractivity contribution < 1.29 is 24.2 Å². The van der Waals surface area contributed by atoms with Crippen molar-refractivity contribution in [1.82, 2.24) is 20.9 Å². The number of aromatic nitrogens is 1. The molecule has 11 heteroatoms. The summed E-state index contributed by atoms with van der Waals surface area (Å²) in [6.45, 7) is 4.92. The van der Waals surface area contributed by atoms with Crippen LogP contribution < -0.4 is 16.0 Å². The number of hydrogen-bond donors (Lipinski definition) is 4. The van der Waals surface area contributed by atoms with E-state index in [2.05, 4.69) is 20.9 Å². The number of aliphatic hydroxyl groups excluding tert-OH is 1. The van der Waals surface area contributed by atoms with Gasteiger partial charge in [-0.15, -0.1) is 0 Å². The fraction of sp³-hybridized carbons (Fsp3) is 0.600. The number of carbonyl (C=O) groups excluding carboxylic acids is 3. The second-order valence-corrected chi connectivity index (χ2v) is 10.1. The summed E-state index contributed by atoms with van der Waals surface area (Å²) in [5.74, 6) is 0.646. The van der Waals surface area contributed by atoms with Crippen molar-refractivity contribution in [2.75, 3.05) is 44.9 Å². The molecule has 4 N–H and O–H groups in total. The maximum Gasteiger partial charge on any atom is 0.252 e. The lowest BCUT2D eigenvalue weighted by Crippen LogP contribution is -2.46. The van der Waals surface area contributed by atoms with Crippen LogP contribution in [-0.4, -0.2) is 78.8 Å². The molecule has 1 rings (SSSR count). The van der Waals surface area contributed by atoms with E-state index in [1.165, 1.54) is 13.3 Å². The molecule has 0 aliphatic rings. The van der Waals surface area contributed by atoms with Gasteiger partial charge in [0.2, 0.25) is 11.8 Å². The minimum Gasteiger partial charge on any atom is -0.384 e. The van der Waals surface area contributed by atoms with Gasteiger partial charge in [0.05, 0.1) is 12.2 Å². The molecule has 9 nitrogen and oxygen atoms in total. The third-order valence-corrected chi connectivity index (χ3v) is 6.55. The number of amides is 3. The average molecular weight is 473 g/mol. The molecule has 1 atom stereocenters. The van der Waals surface area contributed by atoms with Crippen LogP contribution in [0.2, 0.25) is 0 Å². The molecule has 0 saturated heterocycles. The van der Waals surface area contributed by atoms with Gasteiger partial charge in [-0.1, -0.05) is 35.4 Å². The van der Waals surface area contributed by atoms with Crippen molar-refractivity contribution in [3.8, 4) is 0 Å². The Kier molecular flexibility index (Phi) is 13.2. The summed E-state index contributed by atoms with van der Waals surface area (Å²) in [5, 5.41) is 18.2.